The Morgan fingerprint density at radius 3 is 2.73 bits per heavy atom. The first-order chi connectivity index (χ1) is 10.4. The molecule has 1 atom stereocenters. The number of nitrogens with zero attached hydrogens (tertiary/aromatic N) is 2. The van der Waals surface area contributed by atoms with Gasteiger partial charge in [-0.25, -0.2) is 4.39 Å². The normalized spacial score (nSPS) is 12.0. The Hall–Kier alpha value is -1.96. The summed E-state index contributed by atoms with van der Waals surface area (Å²) in [6.45, 7) is -0.0440. The van der Waals surface area contributed by atoms with Crippen LogP contribution >= 0.6 is 23.2 Å². The van der Waals surface area contributed by atoms with Crippen LogP contribution in [0.2, 0.25) is 10.2 Å². The highest BCUT2D eigenvalue weighted by Gasteiger charge is 2.15. The van der Waals surface area contributed by atoms with Crippen molar-refractivity contribution in [3.8, 4) is 0 Å². The summed E-state index contributed by atoms with van der Waals surface area (Å²) in [6, 6.07) is 5.21. The maximum atomic E-state index is 13.4. The lowest BCUT2D eigenvalue weighted by atomic mass is 10.1. The van der Waals surface area contributed by atoms with E-state index < -0.39 is 17.8 Å². The van der Waals surface area contributed by atoms with Gasteiger partial charge in [0.25, 0.3) is 5.91 Å². The lowest BCUT2D eigenvalue weighted by molar-refractivity contribution is 0.100. The summed E-state index contributed by atoms with van der Waals surface area (Å²) < 4.78 is 13.4. The molecule has 1 heterocycles. The molecule has 0 spiro atoms. The zero-order chi connectivity index (χ0) is 16.3. The van der Waals surface area contributed by atoms with E-state index in [2.05, 4.69) is 15.5 Å². The molecule has 0 fully saturated rings. The maximum Gasteiger partial charge on any atom is 0.252 e. The summed E-state index contributed by atoms with van der Waals surface area (Å²) in [7, 11) is 0. The highest BCUT2D eigenvalue weighted by atomic mass is 35.5. The van der Waals surface area contributed by atoms with E-state index in [1.807, 2.05) is 0 Å². The van der Waals surface area contributed by atoms with Gasteiger partial charge in [0, 0.05) is 6.54 Å². The molecule has 0 aliphatic rings. The fourth-order valence-electron chi connectivity index (χ4n) is 1.72. The van der Waals surface area contributed by atoms with Crippen molar-refractivity contribution in [2.24, 2.45) is 5.73 Å². The van der Waals surface area contributed by atoms with Crippen LogP contribution in [0.4, 0.5) is 10.2 Å². The minimum atomic E-state index is -1.05. The average Bonchev–Trinajstić information content (AvgIpc) is 2.48. The van der Waals surface area contributed by atoms with Crippen LogP contribution in [0, 0.1) is 5.82 Å². The molecule has 0 aliphatic carbocycles. The van der Waals surface area contributed by atoms with Crippen LogP contribution < -0.4 is 11.1 Å². The van der Waals surface area contributed by atoms with Crippen molar-refractivity contribution >= 4 is 34.9 Å². The SMILES string of the molecule is NC(=O)c1cc(Cl)nnc1NCC(O)c1ccc(Cl)c(F)c1. The second kappa shape index (κ2) is 6.87. The van der Waals surface area contributed by atoms with Crippen LogP contribution in [-0.4, -0.2) is 27.8 Å². The van der Waals surface area contributed by atoms with Crippen LogP contribution in [0.5, 0.6) is 0 Å². The zero-order valence-electron chi connectivity index (χ0n) is 11.1. The number of nitrogens with one attached hydrogen (secondary N) is 1. The summed E-state index contributed by atoms with van der Waals surface area (Å²) in [5.41, 5.74) is 5.56. The number of amides is 1. The molecular formula is C13H11Cl2FN4O2. The summed E-state index contributed by atoms with van der Waals surface area (Å²) in [6.07, 6.45) is -1.05. The number of anilines is 1. The summed E-state index contributed by atoms with van der Waals surface area (Å²) >= 11 is 11.2. The molecule has 0 saturated carbocycles. The van der Waals surface area contributed by atoms with E-state index in [4.69, 9.17) is 28.9 Å². The Labute approximate surface area is 135 Å². The Morgan fingerprint density at radius 2 is 2.09 bits per heavy atom. The molecule has 0 aliphatic heterocycles. The molecule has 2 aromatic rings. The van der Waals surface area contributed by atoms with E-state index in [1.54, 1.807) is 0 Å². The molecule has 6 nitrogen and oxygen atoms in total. The molecule has 1 aromatic heterocycles. The second-order valence-electron chi connectivity index (χ2n) is 4.36. The summed E-state index contributed by atoms with van der Waals surface area (Å²) in [5, 5.41) is 20.0. The number of nitrogens with two attached hydrogens (primary N) is 1. The van der Waals surface area contributed by atoms with Crippen LogP contribution in [0.25, 0.3) is 0 Å². The number of hydrogen-bond acceptors (Lipinski definition) is 5. The molecule has 9 heteroatoms. The van der Waals surface area contributed by atoms with Crippen molar-refractivity contribution in [3.63, 3.8) is 0 Å². The second-order valence-corrected chi connectivity index (χ2v) is 5.16. The molecule has 22 heavy (non-hydrogen) atoms. The minimum Gasteiger partial charge on any atom is -0.387 e. The molecule has 1 unspecified atom stereocenters. The lowest BCUT2D eigenvalue weighted by Gasteiger charge is -2.14. The van der Waals surface area contributed by atoms with Gasteiger partial charge in [-0.3, -0.25) is 4.79 Å². The topological polar surface area (TPSA) is 101 Å². The standard InChI is InChI=1S/C13H11Cl2FN4O2/c14-8-2-1-6(3-9(8)16)10(21)5-18-13-7(12(17)22)4-11(15)19-20-13/h1-4,10,21H,5H2,(H2,17,22)(H,18,20). The number of primary amides is 1. The van der Waals surface area contributed by atoms with Gasteiger partial charge in [-0.2, -0.15) is 0 Å². The molecule has 116 valence electrons. The fraction of sp³-hybridized carbons (Fsp3) is 0.154. The first-order valence-corrected chi connectivity index (χ1v) is 6.84. The van der Waals surface area contributed by atoms with E-state index in [9.17, 15) is 14.3 Å². The number of aromatic nitrogens is 2. The number of benzene rings is 1. The number of carbonyl (C=O) groups excluding carboxylic acids is 1. The molecule has 2 rings (SSSR count). The van der Waals surface area contributed by atoms with Crippen LogP contribution in [-0.2, 0) is 0 Å². The van der Waals surface area contributed by atoms with Crippen LogP contribution in [0.15, 0.2) is 24.3 Å². The monoisotopic (exact) mass is 344 g/mol. The molecule has 0 saturated heterocycles. The Morgan fingerprint density at radius 1 is 1.36 bits per heavy atom. The minimum absolute atomic E-state index is 0.0136. The van der Waals surface area contributed by atoms with E-state index in [-0.39, 0.29) is 28.1 Å². The number of rotatable bonds is 5. The summed E-state index contributed by atoms with van der Waals surface area (Å²) in [4.78, 5) is 11.3. The van der Waals surface area contributed by atoms with Gasteiger partial charge in [0.15, 0.2) is 11.0 Å². The van der Waals surface area contributed by atoms with Gasteiger partial charge in [0.1, 0.15) is 5.82 Å². The van der Waals surface area contributed by atoms with Crippen molar-refractivity contribution in [3.05, 3.63) is 51.4 Å². The third kappa shape index (κ3) is 3.82. The number of carbonyl (C=O) groups is 1. The number of hydrogen-bond donors (Lipinski definition) is 3. The van der Waals surface area contributed by atoms with Crippen LogP contribution in [0.1, 0.15) is 22.0 Å². The Balaban J connectivity index is 2.12. The predicted molar refractivity (Wildman–Crippen MR) is 80.4 cm³/mol. The highest BCUT2D eigenvalue weighted by Crippen LogP contribution is 2.21. The molecule has 4 N–H and O–H groups in total. The van der Waals surface area contributed by atoms with Gasteiger partial charge >= 0.3 is 0 Å². The van der Waals surface area contributed by atoms with Gasteiger partial charge in [-0.05, 0) is 23.8 Å². The quantitative estimate of drug-likeness (QED) is 0.771. The van der Waals surface area contributed by atoms with Gasteiger partial charge in [0.2, 0.25) is 0 Å². The first kappa shape index (κ1) is 16.4. The van der Waals surface area contributed by atoms with E-state index in [1.165, 1.54) is 18.2 Å². The highest BCUT2D eigenvalue weighted by molar-refractivity contribution is 6.30. The fourth-order valence-corrected chi connectivity index (χ4v) is 1.98. The van der Waals surface area contributed by atoms with Gasteiger partial charge in [-0.15, -0.1) is 10.2 Å². The molecular weight excluding hydrogens is 334 g/mol. The average molecular weight is 345 g/mol. The Kier molecular flexibility index (Phi) is 5.12. The zero-order valence-corrected chi connectivity index (χ0v) is 12.6. The molecule has 1 amide bonds. The van der Waals surface area contributed by atoms with Crippen molar-refractivity contribution in [2.45, 2.75) is 6.10 Å². The third-order valence-electron chi connectivity index (χ3n) is 2.82. The van der Waals surface area contributed by atoms with Crippen molar-refractivity contribution in [2.75, 3.05) is 11.9 Å². The van der Waals surface area contributed by atoms with E-state index in [0.29, 0.717) is 5.56 Å². The van der Waals surface area contributed by atoms with Crippen molar-refractivity contribution in [1.82, 2.24) is 10.2 Å². The summed E-state index contributed by atoms with van der Waals surface area (Å²) in [5.74, 6) is -1.31. The van der Waals surface area contributed by atoms with Gasteiger partial charge in [0.05, 0.1) is 16.7 Å². The number of aliphatic hydroxyl groups is 1. The van der Waals surface area contributed by atoms with Crippen molar-refractivity contribution < 1.29 is 14.3 Å². The van der Waals surface area contributed by atoms with Crippen LogP contribution in [0.3, 0.4) is 0 Å². The largest absolute Gasteiger partial charge is 0.387 e. The predicted octanol–water partition coefficient (Wildman–Crippen LogP) is 2.17. The first-order valence-electron chi connectivity index (χ1n) is 6.08. The van der Waals surface area contributed by atoms with Gasteiger partial charge in [-0.1, -0.05) is 29.3 Å². The van der Waals surface area contributed by atoms with E-state index >= 15 is 0 Å². The lowest BCUT2D eigenvalue weighted by Crippen LogP contribution is -2.19. The molecule has 0 radical (unpaired) electrons. The number of halogens is 3. The third-order valence-corrected chi connectivity index (χ3v) is 3.31. The van der Waals surface area contributed by atoms with Crippen molar-refractivity contribution in [1.29, 1.82) is 0 Å². The molecule has 0 bridgehead atoms. The Bertz CT molecular complexity index is 714. The number of aliphatic hydroxyl groups excluding tert-OH is 1. The molecule has 1 aromatic carbocycles. The van der Waals surface area contributed by atoms with Gasteiger partial charge < -0.3 is 16.2 Å². The smallest absolute Gasteiger partial charge is 0.252 e. The maximum absolute atomic E-state index is 13.4. The van der Waals surface area contributed by atoms with E-state index in [0.717, 1.165) is 6.07 Å².